The molecule has 0 radical (unpaired) electrons. The number of anilines is 1. The number of fused-ring (bicyclic) bond motifs is 1. The van der Waals surface area contributed by atoms with Crippen molar-refractivity contribution in [1.82, 2.24) is 5.32 Å². The predicted octanol–water partition coefficient (Wildman–Crippen LogP) is 1.02. The highest BCUT2D eigenvalue weighted by molar-refractivity contribution is 5.96. The van der Waals surface area contributed by atoms with Gasteiger partial charge >= 0.3 is 0 Å². The lowest BCUT2D eigenvalue weighted by Crippen LogP contribution is -2.40. The van der Waals surface area contributed by atoms with E-state index in [4.69, 9.17) is 4.74 Å². The molecule has 4 rings (SSSR count). The summed E-state index contributed by atoms with van der Waals surface area (Å²) in [6.07, 6.45) is -3.56. The van der Waals surface area contributed by atoms with Crippen molar-refractivity contribution < 1.29 is 28.9 Å². The van der Waals surface area contributed by atoms with Gasteiger partial charge in [-0.3, -0.25) is 9.59 Å². The highest BCUT2D eigenvalue weighted by atomic mass is 19.1. The van der Waals surface area contributed by atoms with E-state index in [1.807, 2.05) is 24.3 Å². The van der Waals surface area contributed by atoms with E-state index in [0.29, 0.717) is 6.54 Å². The maximum Gasteiger partial charge on any atom is 0.251 e. The van der Waals surface area contributed by atoms with Crippen LogP contribution in [0.4, 0.5) is 10.1 Å². The number of rotatable bonds is 5. The normalized spacial score (nSPS) is 25.2. The van der Waals surface area contributed by atoms with Gasteiger partial charge in [-0.25, -0.2) is 4.39 Å². The summed E-state index contributed by atoms with van der Waals surface area (Å²) in [5.41, 5.74) is 2.09. The second kappa shape index (κ2) is 8.51. The number of hydrogen-bond donors (Lipinski definition) is 3. The molecule has 2 aliphatic rings. The SMILES string of the molecule is O=C(NC[C@H]1O[C@@H](CC(=O)N2CCc3ccccc32)[C@H](O)[C@@H]1O)c1cccc(F)c1. The molecule has 2 aromatic rings. The molecule has 0 saturated carbocycles. The lowest BCUT2D eigenvalue weighted by atomic mass is 10.0. The van der Waals surface area contributed by atoms with Gasteiger partial charge in [-0.15, -0.1) is 0 Å². The lowest BCUT2D eigenvalue weighted by Gasteiger charge is -2.21. The Balaban J connectivity index is 1.34. The van der Waals surface area contributed by atoms with Gasteiger partial charge < -0.3 is 25.2 Å². The van der Waals surface area contributed by atoms with Gasteiger partial charge in [0.2, 0.25) is 5.91 Å². The van der Waals surface area contributed by atoms with Crippen LogP contribution in [0.15, 0.2) is 48.5 Å². The summed E-state index contributed by atoms with van der Waals surface area (Å²) in [5, 5.41) is 23.2. The van der Waals surface area contributed by atoms with Crippen molar-refractivity contribution in [1.29, 1.82) is 0 Å². The molecule has 2 amide bonds. The van der Waals surface area contributed by atoms with Crippen molar-refractivity contribution in [2.45, 2.75) is 37.3 Å². The van der Waals surface area contributed by atoms with Gasteiger partial charge in [-0.2, -0.15) is 0 Å². The monoisotopic (exact) mass is 414 g/mol. The zero-order valence-corrected chi connectivity index (χ0v) is 16.2. The molecular weight excluding hydrogens is 391 g/mol. The van der Waals surface area contributed by atoms with Crippen LogP contribution in [0.2, 0.25) is 0 Å². The van der Waals surface area contributed by atoms with Crippen LogP contribution in [0.3, 0.4) is 0 Å². The van der Waals surface area contributed by atoms with E-state index in [1.54, 1.807) is 4.90 Å². The summed E-state index contributed by atoms with van der Waals surface area (Å²) in [6.45, 7) is 0.488. The van der Waals surface area contributed by atoms with Crippen LogP contribution in [0.25, 0.3) is 0 Å². The minimum atomic E-state index is -1.25. The first kappa shape index (κ1) is 20.5. The Hall–Kier alpha value is -2.81. The van der Waals surface area contributed by atoms with E-state index in [0.717, 1.165) is 23.7 Å². The molecule has 8 heteroatoms. The number of aliphatic hydroxyl groups excluding tert-OH is 2. The van der Waals surface area contributed by atoms with Gasteiger partial charge in [0, 0.05) is 24.3 Å². The summed E-state index contributed by atoms with van der Waals surface area (Å²) in [6, 6.07) is 12.9. The predicted molar refractivity (Wildman–Crippen MR) is 107 cm³/mol. The number of ether oxygens (including phenoxy) is 1. The van der Waals surface area contributed by atoms with Crippen molar-refractivity contribution >= 4 is 17.5 Å². The van der Waals surface area contributed by atoms with E-state index >= 15 is 0 Å². The van der Waals surface area contributed by atoms with Gasteiger partial charge in [0.15, 0.2) is 0 Å². The van der Waals surface area contributed by atoms with E-state index in [2.05, 4.69) is 5.32 Å². The van der Waals surface area contributed by atoms with Gasteiger partial charge in [0.1, 0.15) is 24.1 Å². The smallest absolute Gasteiger partial charge is 0.251 e. The second-order valence-corrected chi connectivity index (χ2v) is 7.54. The van der Waals surface area contributed by atoms with Crippen LogP contribution in [-0.4, -0.2) is 59.5 Å². The topological polar surface area (TPSA) is 99.1 Å². The van der Waals surface area contributed by atoms with E-state index in [1.165, 1.54) is 18.2 Å². The molecule has 0 aromatic heterocycles. The van der Waals surface area contributed by atoms with E-state index in [-0.39, 0.29) is 24.4 Å². The average Bonchev–Trinajstić information content (AvgIpc) is 3.29. The number of halogens is 1. The first-order valence-corrected chi connectivity index (χ1v) is 9.87. The molecule has 2 heterocycles. The second-order valence-electron chi connectivity index (χ2n) is 7.54. The molecule has 1 saturated heterocycles. The number of carbonyl (C=O) groups excluding carboxylic acids is 2. The van der Waals surface area contributed by atoms with Crippen molar-refractivity contribution in [3.05, 3.63) is 65.5 Å². The molecule has 0 spiro atoms. The molecule has 0 bridgehead atoms. The number of aliphatic hydroxyl groups is 2. The largest absolute Gasteiger partial charge is 0.388 e. The van der Waals surface area contributed by atoms with Crippen molar-refractivity contribution in [3.8, 4) is 0 Å². The van der Waals surface area contributed by atoms with E-state index in [9.17, 15) is 24.2 Å². The van der Waals surface area contributed by atoms with Crippen LogP contribution < -0.4 is 10.2 Å². The highest BCUT2D eigenvalue weighted by Crippen LogP contribution is 2.30. The Kier molecular flexibility index (Phi) is 5.80. The number of amides is 2. The molecule has 2 aromatic carbocycles. The summed E-state index contributed by atoms with van der Waals surface area (Å²) < 4.78 is 18.9. The summed E-state index contributed by atoms with van der Waals surface area (Å²) in [7, 11) is 0. The fourth-order valence-corrected chi connectivity index (χ4v) is 3.97. The number of carbonyl (C=O) groups is 2. The molecule has 0 aliphatic carbocycles. The Bertz CT molecular complexity index is 953. The van der Waals surface area contributed by atoms with Crippen LogP contribution in [0.5, 0.6) is 0 Å². The maximum absolute atomic E-state index is 13.3. The average molecular weight is 414 g/mol. The van der Waals surface area contributed by atoms with Crippen molar-refractivity contribution in [2.24, 2.45) is 0 Å². The Morgan fingerprint density at radius 3 is 2.67 bits per heavy atom. The standard InChI is InChI=1S/C22H23FN2O5/c23-15-6-3-5-14(10-15)22(29)24-12-18-21(28)20(27)17(30-18)11-19(26)25-9-8-13-4-1-2-7-16(13)25/h1-7,10,17-18,20-21,27-28H,8-9,11-12H2,(H,24,29)/t17-,18+,20-,21+/m0/s1. The minimum absolute atomic E-state index is 0.0786. The molecule has 3 N–H and O–H groups in total. The number of para-hydroxylation sites is 1. The summed E-state index contributed by atoms with van der Waals surface area (Å²) in [4.78, 5) is 26.6. The van der Waals surface area contributed by atoms with Gasteiger partial charge in [0.05, 0.1) is 12.5 Å². The van der Waals surface area contributed by atoms with Crippen molar-refractivity contribution in [3.63, 3.8) is 0 Å². The maximum atomic E-state index is 13.3. The van der Waals surface area contributed by atoms with Crippen molar-refractivity contribution in [2.75, 3.05) is 18.0 Å². The zero-order valence-electron chi connectivity index (χ0n) is 16.2. The van der Waals surface area contributed by atoms with Crippen LogP contribution >= 0.6 is 0 Å². The van der Waals surface area contributed by atoms with Crippen LogP contribution in [-0.2, 0) is 16.0 Å². The minimum Gasteiger partial charge on any atom is -0.388 e. The third kappa shape index (κ3) is 4.07. The fourth-order valence-electron chi connectivity index (χ4n) is 3.97. The number of benzene rings is 2. The van der Waals surface area contributed by atoms with Crippen LogP contribution in [0.1, 0.15) is 22.3 Å². The molecule has 0 unspecified atom stereocenters. The number of nitrogens with zero attached hydrogens (tertiary/aromatic N) is 1. The highest BCUT2D eigenvalue weighted by Gasteiger charge is 2.44. The Morgan fingerprint density at radius 2 is 1.87 bits per heavy atom. The third-order valence-electron chi connectivity index (χ3n) is 5.58. The molecule has 1 fully saturated rings. The number of hydrogen-bond acceptors (Lipinski definition) is 5. The first-order valence-electron chi connectivity index (χ1n) is 9.87. The molecule has 2 aliphatic heterocycles. The lowest BCUT2D eigenvalue weighted by molar-refractivity contribution is -0.122. The quantitative estimate of drug-likeness (QED) is 0.679. The molecule has 4 atom stereocenters. The van der Waals surface area contributed by atoms with Gasteiger partial charge in [-0.05, 0) is 36.2 Å². The third-order valence-corrected chi connectivity index (χ3v) is 5.58. The molecule has 158 valence electrons. The Morgan fingerprint density at radius 1 is 1.10 bits per heavy atom. The van der Waals surface area contributed by atoms with Gasteiger partial charge in [-0.1, -0.05) is 24.3 Å². The molecule has 30 heavy (non-hydrogen) atoms. The molecular formula is C22H23FN2O5. The van der Waals surface area contributed by atoms with Gasteiger partial charge in [0.25, 0.3) is 5.91 Å². The molecule has 7 nitrogen and oxygen atoms in total. The fraction of sp³-hybridized carbons (Fsp3) is 0.364. The number of nitrogens with one attached hydrogen (secondary N) is 1. The Labute approximate surface area is 173 Å². The van der Waals surface area contributed by atoms with Crippen LogP contribution in [0, 0.1) is 5.82 Å². The first-order chi connectivity index (χ1) is 14.4. The summed E-state index contributed by atoms with van der Waals surface area (Å²) >= 11 is 0. The zero-order chi connectivity index (χ0) is 21.3. The summed E-state index contributed by atoms with van der Waals surface area (Å²) in [5.74, 6) is -1.24. The van der Waals surface area contributed by atoms with E-state index < -0.39 is 36.1 Å².